The monoisotopic (exact) mass is 290 g/mol. The third-order valence-electron chi connectivity index (χ3n) is 3.19. The second kappa shape index (κ2) is 5.76. The van der Waals surface area contributed by atoms with Crippen molar-refractivity contribution in [2.45, 2.75) is 24.0 Å². The summed E-state index contributed by atoms with van der Waals surface area (Å²) in [7, 11) is 0. The van der Waals surface area contributed by atoms with E-state index in [1.54, 1.807) is 6.07 Å². The van der Waals surface area contributed by atoms with Gasteiger partial charge in [-0.15, -0.1) is 11.8 Å². The molecule has 1 saturated heterocycles. The number of hydrogen-bond acceptors (Lipinski definition) is 5. The normalized spacial score (nSPS) is 18.5. The Balaban J connectivity index is 1.92. The first-order valence-corrected chi connectivity index (χ1v) is 7.47. The predicted octanol–water partition coefficient (Wildman–Crippen LogP) is 2.60. The Morgan fingerprint density at radius 1 is 1.40 bits per heavy atom. The second-order valence-corrected chi connectivity index (χ2v) is 5.63. The summed E-state index contributed by atoms with van der Waals surface area (Å²) >= 11 is 1.54. The number of aromatic carboxylic acids is 1. The Hall–Kier alpha value is -1.66. The van der Waals surface area contributed by atoms with E-state index in [0.717, 1.165) is 30.6 Å². The number of thioether (sulfide) groups is 1. The lowest BCUT2D eigenvalue weighted by molar-refractivity contribution is 0.0683. The minimum Gasteiger partial charge on any atom is -0.475 e. The first-order valence-electron chi connectivity index (χ1n) is 6.48. The van der Waals surface area contributed by atoms with Crippen molar-refractivity contribution >= 4 is 28.6 Å². The van der Waals surface area contributed by atoms with Gasteiger partial charge in [0.25, 0.3) is 0 Å². The topological polar surface area (TPSA) is 72.3 Å². The van der Waals surface area contributed by atoms with Gasteiger partial charge in [0.05, 0.1) is 11.6 Å². The van der Waals surface area contributed by atoms with Crippen LogP contribution < -0.4 is 0 Å². The summed E-state index contributed by atoms with van der Waals surface area (Å²) in [6.07, 6.45) is 2.39. The largest absolute Gasteiger partial charge is 0.475 e. The van der Waals surface area contributed by atoms with Crippen LogP contribution >= 0.6 is 11.8 Å². The molecule has 6 heteroatoms. The number of rotatable bonds is 4. The molecule has 104 valence electrons. The molecule has 3 rings (SSSR count). The van der Waals surface area contributed by atoms with E-state index in [1.807, 2.05) is 18.2 Å². The Bertz CT molecular complexity index is 641. The van der Waals surface area contributed by atoms with Crippen LogP contribution in [0.2, 0.25) is 0 Å². The number of hydrogen-bond donors (Lipinski definition) is 1. The van der Waals surface area contributed by atoms with Gasteiger partial charge in [-0.05, 0) is 18.9 Å². The molecular weight excluding hydrogens is 276 g/mol. The maximum absolute atomic E-state index is 11.1. The van der Waals surface area contributed by atoms with Crippen molar-refractivity contribution in [3.63, 3.8) is 0 Å². The van der Waals surface area contributed by atoms with E-state index >= 15 is 0 Å². The van der Waals surface area contributed by atoms with E-state index in [1.165, 1.54) is 11.8 Å². The highest BCUT2D eigenvalue weighted by Crippen LogP contribution is 2.28. The summed E-state index contributed by atoms with van der Waals surface area (Å²) in [4.78, 5) is 19.3. The molecule has 2 heterocycles. The van der Waals surface area contributed by atoms with E-state index < -0.39 is 5.97 Å². The van der Waals surface area contributed by atoms with Gasteiger partial charge in [-0.1, -0.05) is 18.2 Å². The van der Waals surface area contributed by atoms with Gasteiger partial charge in [0.1, 0.15) is 5.03 Å². The maximum Gasteiger partial charge on any atom is 0.373 e. The summed E-state index contributed by atoms with van der Waals surface area (Å²) < 4.78 is 5.58. The highest BCUT2D eigenvalue weighted by molar-refractivity contribution is 7.99. The molecule has 0 bridgehead atoms. The molecule has 0 radical (unpaired) electrons. The second-order valence-electron chi connectivity index (χ2n) is 4.62. The van der Waals surface area contributed by atoms with Crippen LogP contribution in [0.25, 0.3) is 10.9 Å². The molecule has 1 unspecified atom stereocenters. The van der Waals surface area contributed by atoms with Crippen LogP contribution in [0.4, 0.5) is 0 Å². The number of fused-ring (bicyclic) bond motifs is 1. The minimum absolute atomic E-state index is 0.154. The van der Waals surface area contributed by atoms with Gasteiger partial charge in [-0.25, -0.2) is 14.8 Å². The molecule has 1 fully saturated rings. The number of carboxylic acid groups (broad SMARTS) is 1. The Morgan fingerprint density at radius 2 is 2.25 bits per heavy atom. The number of nitrogens with zero attached hydrogens (tertiary/aromatic N) is 2. The van der Waals surface area contributed by atoms with Crippen molar-refractivity contribution < 1.29 is 14.6 Å². The van der Waals surface area contributed by atoms with Crippen LogP contribution in [0.3, 0.4) is 0 Å². The van der Waals surface area contributed by atoms with Crippen LogP contribution in [0, 0.1) is 0 Å². The van der Waals surface area contributed by atoms with Gasteiger partial charge in [0.2, 0.25) is 5.82 Å². The molecular formula is C14H14N2O3S. The van der Waals surface area contributed by atoms with Gasteiger partial charge in [-0.2, -0.15) is 0 Å². The van der Waals surface area contributed by atoms with Gasteiger partial charge in [0.15, 0.2) is 0 Å². The van der Waals surface area contributed by atoms with E-state index in [4.69, 9.17) is 9.84 Å². The molecule has 1 aromatic heterocycles. The summed E-state index contributed by atoms with van der Waals surface area (Å²) in [6.45, 7) is 0.816. The Kier molecular flexibility index (Phi) is 3.84. The lowest BCUT2D eigenvalue weighted by Gasteiger charge is -2.10. The quantitative estimate of drug-likeness (QED) is 0.689. The van der Waals surface area contributed by atoms with Crippen LogP contribution in [-0.4, -0.2) is 39.5 Å². The summed E-state index contributed by atoms with van der Waals surface area (Å²) in [6, 6.07) is 7.47. The van der Waals surface area contributed by atoms with Crippen molar-refractivity contribution in [2.24, 2.45) is 0 Å². The smallest absolute Gasteiger partial charge is 0.373 e. The van der Waals surface area contributed by atoms with Crippen LogP contribution in [0.5, 0.6) is 0 Å². The zero-order chi connectivity index (χ0) is 13.9. The molecule has 2 aromatic rings. The Morgan fingerprint density at radius 3 is 3.00 bits per heavy atom. The third-order valence-corrected chi connectivity index (χ3v) is 4.31. The van der Waals surface area contributed by atoms with Crippen molar-refractivity contribution in [2.75, 3.05) is 12.4 Å². The summed E-state index contributed by atoms with van der Waals surface area (Å²) in [5, 5.41) is 10.7. The lowest BCUT2D eigenvalue weighted by atomic mass is 10.2. The van der Waals surface area contributed by atoms with E-state index in [9.17, 15) is 4.79 Å². The average molecular weight is 290 g/mol. The molecule has 20 heavy (non-hydrogen) atoms. The van der Waals surface area contributed by atoms with E-state index in [2.05, 4.69) is 9.97 Å². The van der Waals surface area contributed by atoms with Crippen LogP contribution in [0.15, 0.2) is 29.3 Å². The molecule has 0 spiro atoms. The number of carbonyl (C=O) groups is 1. The molecule has 1 aliphatic heterocycles. The maximum atomic E-state index is 11.1. The van der Waals surface area contributed by atoms with Crippen molar-refractivity contribution in [1.29, 1.82) is 0 Å². The number of ether oxygens (including phenoxy) is 1. The fourth-order valence-corrected chi connectivity index (χ4v) is 3.29. The molecule has 0 aliphatic carbocycles. The van der Waals surface area contributed by atoms with E-state index in [-0.39, 0.29) is 11.9 Å². The first kappa shape index (κ1) is 13.3. The predicted molar refractivity (Wildman–Crippen MR) is 76.2 cm³/mol. The fraction of sp³-hybridized carbons (Fsp3) is 0.357. The van der Waals surface area contributed by atoms with Crippen LogP contribution in [0.1, 0.15) is 23.5 Å². The first-order chi connectivity index (χ1) is 9.74. The molecule has 0 amide bonds. The number of carboxylic acids is 1. The van der Waals surface area contributed by atoms with Gasteiger partial charge in [0, 0.05) is 17.7 Å². The zero-order valence-electron chi connectivity index (χ0n) is 10.8. The summed E-state index contributed by atoms with van der Waals surface area (Å²) in [5.74, 6) is -0.465. The third kappa shape index (κ3) is 2.76. The molecule has 1 aliphatic rings. The highest BCUT2D eigenvalue weighted by Gasteiger charge is 2.18. The molecule has 0 saturated carbocycles. The number of benzene rings is 1. The average Bonchev–Trinajstić information content (AvgIpc) is 2.97. The molecule has 1 atom stereocenters. The van der Waals surface area contributed by atoms with Crippen molar-refractivity contribution in [3.05, 3.63) is 30.1 Å². The van der Waals surface area contributed by atoms with Crippen LogP contribution in [-0.2, 0) is 4.74 Å². The number of aromatic nitrogens is 2. The highest BCUT2D eigenvalue weighted by atomic mass is 32.2. The van der Waals surface area contributed by atoms with Gasteiger partial charge < -0.3 is 9.84 Å². The van der Waals surface area contributed by atoms with Gasteiger partial charge in [-0.3, -0.25) is 0 Å². The summed E-state index contributed by atoms with van der Waals surface area (Å²) in [5.41, 5.74) is 0.662. The van der Waals surface area contributed by atoms with E-state index in [0.29, 0.717) is 10.5 Å². The molecule has 1 aromatic carbocycles. The fourth-order valence-electron chi connectivity index (χ4n) is 2.20. The minimum atomic E-state index is -1.10. The molecule has 1 N–H and O–H groups in total. The van der Waals surface area contributed by atoms with Crippen molar-refractivity contribution in [3.8, 4) is 0 Å². The number of para-hydroxylation sites is 1. The lowest BCUT2D eigenvalue weighted by Crippen LogP contribution is -2.09. The SMILES string of the molecule is O=C(O)c1nc(SCC2CCCO2)c2ccccc2n1. The van der Waals surface area contributed by atoms with Gasteiger partial charge >= 0.3 is 5.97 Å². The zero-order valence-corrected chi connectivity index (χ0v) is 11.6. The Labute approximate surface area is 120 Å². The van der Waals surface area contributed by atoms with Crippen molar-refractivity contribution in [1.82, 2.24) is 9.97 Å². The molecule has 5 nitrogen and oxygen atoms in total. The standard InChI is InChI=1S/C14H14N2O3S/c17-14(18)12-15-11-6-2-1-5-10(11)13(16-12)20-8-9-4-3-7-19-9/h1-2,5-6,9H,3-4,7-8H2,(H,17,18).